The highest BCUT2D eigenvalue weighted by Gasteiger charge is 2.09. The average molecular weight is 327 g/mol. The molecule has 3 heteroatoms. The van der Waals surface area contributed by atoms with Gasteiger partial charge in [0, 0.05) is 28.9 Å². The van der Waals surface area contributed by atoms with E-state index >= 15 is 0 Å². The Morgan fingerprint density at radius 2 is 1.72 bits per heavy atom. The largest absolute Gasteiger partial charge is 0.318 e. The van der Waals surface area contributed by atoms with Gasteiger partial charge in [-0.05, 0) is 68.3 Å². The molecule has 0 unspecified atom stereocenters. The molecule has 0 bridgehead atoms. The van der Waals surface area contributed by atoms with E-state index in [-0.39, 0.29) is 0 Å². The van der Waals surface area contributed by atoms with Gasteiger partial charge in [-0.3, -0.25) is 4.99 Å². The fourth-order valence-corrected chi connectivity index (χ4v) is 2.96. The third-order valence-electron chi connectivity index (χ3n) is 4.42. The number of nitrogens with zero attached hydrogens (tertiary/aromatic N) is 3. The van der Waals surface area contributed by atoms with E-state index in [0.717, 1.165) is 17.7 Å². The highest BCUT2D eigenvalue weighted by molar-refractivity contribution is 5.84. The number of nitriles is 1. The van der Waals surface area contributed by atoms with Crippen molar-refractivity contribution in [1.82, 2.24) is 4.57 Å². The number of hydrogen-bond acceptors (Lipinski definition) is 2. The van der Waals surface area contributed by atoms with Crippen LogP contribution in [0.15, 0.2) is 59.6 Å². The summed E-state index contributed by atoms with van der Waals surface area (Å²) in [6, 6.07) is 20.2. The monoisotopic (exact) mass is 327 g/mol. The highest BCUT2D eigenvalue weighted by Crippen LogP contribution is 2.21. The van der Waals surface area contributed by atoms with E-state index < -0.39 is 0 Å². The van der Waals surface area contributed by atoms with Gasteiger partial charge >= 0.3 is 0 Å². The Kier molecular flexibility index (Phi) is 4.81. The van der Waals surface area contributed by atoms with Gasteiger partial charge < -0.3 is 4.57 Å². The van der Waals surface area contributed by atoms with Crippen molar-refractivity contribution in [2.24, 2.45) is 4.99 Å². The summed E-state index contributed by atoms with van der Waals surface area (Å²) < 4.78 is 2.25. The van der Waals surface area contributed by atoms with E-state index in [1.807, 2.05) is 18.3 Å². The van der Waals surface area contributed by atoms with Crippen molar-refractivity contribution >= 4 is 11.9 Å². The first-order valence-corrected chi connectivity index (χ1v) is 8.45. The summed E-state index contributed by atoms with van der Waals surface area (Å²) in [5, 5.41) is 8.86. The van der Waals surface area contributed by atoms with Gasteiger partial charge in [0.2, 0.25) is 0 Å². The molecule has 0 atom stereocenters. The normalized spacial score (nSPS) is 11.0. The summed E-state index contributed by atoms with van der Waals surface area (Å²) in [5.41, 5.74) is 7.45. The zero-order valence-corrected chi connectivity index (χ0v) is 14.8. The van der Waals surface area contributed by atoms with E-state index in [0.29, 0.717) is 5.56 Å². The second kappa shape index (κ2) is 7.19. The molecule has 0 fully saturated rings. The van der Waals surface area contributed by atoms with Gasteiger partial charge in [-0.2, -0.15) is 5.26 Å². The van der Waals surface area contributed by atoms with E-state index in [1.54, 1.807) is 12.1 Å². The smallest absolute Gasteiger partial charge is 0.0991 e. The molecule has 2 aromatic carbocycles. The molecule has 0 saturated heterocycles. The number of aryl methyl sites for hydroxylation is 2. The number of aromatic nitrogens is 1. The minimum absolute atomic E-state index is 0.646. The molecule has 0 spiro atoms. The first-order valence-electron chi connectivity index (χ1n) is 8.45. The Balaban J connectivity index is 1.90. The van der Waals surface area contributed by atoms with Crippen LogP contribution in [0.3, 0.4) is 0 Å². The summed E-state index contributed by atoms with van der Waals surface area (Å²) >= 11 is 0. The quantitative estimate of drug-likeness (QED) is 0.601. The summed E-state index contributed by atoms with van der Waals surface area (Å²) in [6.07, 6.45) is 2.94. The predicted molar refractivity (Wildman–Crippen MR) is 103 cm³/mol. The molecule has 1 aromatic heterocycles. The van der Waals surface area contributed by atoms with Gasteiger partial charge in [0.25, 0.3) is 0 Å². The minimum atomic E-state index is 0.646. The third kappa shape index (κ3) is 3.54. The first kappa shape index (κ1) is 16.7. The van der Waals surface area contributed by atoms with Gasteiger partial charge in [0.15, 0.2) is 0 Å². The van der Waals surface area contributed by atoms with Gasteiger partial charge in [-0.15, -0.1) is 0 Å². The molecule has 3 nitrogen and oxygen atoms in total. The van der Waals surface area contributed by atoms with E-state index in [2.05, 4.69) is 66.7 Å². The molecule has 3 aromatic rings. The van der Waals surface area contributed by atoms with Crippen LogP contribution < -0.4 is 0 Å². The van der Waals surface area contributed by atoms with Crippen LogP contribution in [0.5, 0.6) is 0 Å². The molecule has 0 N–H and O–H groups in total. The van der Waals surface area contributed by atoms with Crippen molar-refractivity contribution in [3.63, 3.8) is 0 Å². The Morgan fingerprint density at radius 1 is 1.04 bits per heavy atom. The Morgan fingerprint density at radius 3 is 2.32 bits per heavy atom. The van der Waals surface area contributed by atoms with E-state index in [1.165, 1.54) is 22.6 Å². The molecule has 25 heavy (non-hydrogen) atoms. The van der Waals surface area contributed by atoms with Crippen molar-refractivity contribution in [2.75, 3.05) is 0 Å². The first-order chi connectivity index (χ1) is 12.1. The summed E-state index contributed by atoms with van der Waals surface area (Å²) in [4.78, 5) is 4.54. The molecule has 124 valence electrons. The van der Waals surface area contributed by atoms with Crippen LogP contribution in [0.2, 0.25) is 0 Å². The van der Waals surface area contributed by atoms with Crippen molar-refractivity contribution in [1.29, 1.82) is 5.26 Å². The van der Waals surface area contributed by atoms with Crippen LogP contribution in [-0.2, 0) is 6.42 Å². The fourth-order valence-electron chi connectivity index (χ4n) is 2.96. The third-order valence-corrected chi connectivity index (χ3v) is 4.42. The van der Waals surface area contributed by atoms with Crippen LogP contribution in [-0.4, -0.2) is 10.8 Å². The standard InChI is InChI=1S/C22H21N3/c1-4-18-7-11-22(12-8-18)25-16(2)13-20(17(25)3)15-24-21-9-5-19(14-23)6-10-21/h5-13,15H,4H2,1-3H3. The highest BCUT2D eigenvalue weighted by atomic mass is 15.0. The van der Waals surface area contributed by atoms with Crippen LogP contribution >= 0.6 is 0 Å². The molecule has 0 saturated carbocycles. The molecular weight excluding hydrogens is 306 g/mol. The van der Waals surface area contributed by atoms with Crippen molar-refractivity contribution < 1.29 is 0 Å². The topological polar surface area (TPSA) is 41.1 Å². The summed E-state index contributed by atoms with van der Waals surface area (Å²) in [6.45, 7) is 6.39. The van der Waals surface area contributed by atoms with Crippen molar-refractivity contribution in [2.45, 2.75) is 27.2 Å². The predicted octanol–water partition coefficient (Wildman–Crippen LogP) is 5.28. The SMILES string of the molecule is CCc1ccc(-n2c(C)cc(C=Nc3ccc(C#N)cc3)c2C)cc1. The minimum Gasteiger partial charge on any atom is -0.318 e. The molecular formula is C22H21N3. The molecule has 0 radical (unpaired) electrons. The van der Waals surface area contributed by atoms with Crippen molar-refractivity contribution in [3.05, 3.63) is 82.7 Å². The molecule has 0 aliphatic rings. The molecule has 0 aliphatic carbocycles. The maximum Gasteiger partial charge on any atom is 0.0991 e. The van der Waals surface area contributed by atoms with Gasteiger partial charge in [0.05, 0.1) is 17.3 Å². The lowest BCUT2D eigenvalue weighted by atomic mass is 10.1. The lowest BCUT2D eigenvalue weighted by Gasteiger charge is -2.10. The lowest BCUT2D eigenvalue weighted by Crippen LogP contribution is -1.99. The number of aliphatic imine (C=N–C) groups is 1. The number of benzene rings is 2. The van der Waals surface area contributed by atoms with Crippen molar-refractivity contribution in [3.8, 4) is 11.8 Å². The molecule has 3 rings (SSSR count). The van der Waals surface area contributed by atoms with Crippen LogP contribution in [0.4, 0.5) is 5.69 Å². The van der Waals surface area contributed by atoms with E-state index in [9.17, 15) is 0 Å². The van der Waals surface area contributed by atoms with Gasteiger partial charge in [0.1, 0.15) is 0 Å². The van der Waals surface area contributed by atoms with Gasteiger partial charge in [-0.1, -0.05) is 19.1 Å². The Bertz CT molecular complexity index is 937. The Labute approximate surface area is 148 Å². The van der Waals surface area contributed by atoms with E-state index in [4.69, 9.17) is 5.26 Å². The second-order valence-corrected chi connectivity index (χ2v) is 6.10. The molecule has 1 heterocycles. The van der Waals surface area contributed by atoms with Crippen LogP contribution in [0.1, 0.15) is 35.0 Å². The lowest BCUT2D eigenvalue weighted by molar-refractivity contribution is 0.962. The molecule has 0 amide bonds. The maximum absolute atomic E-state index is 8.86. The maximum atomic E-state index is 8.86. The number of hydrogen-bond donors (Lipinski definition) is 0. The molecule has 0 aliphatic heterocycles. The Hall–Kier alpha value is -3.12. The average Bonchev–Trinajstić information content (AvgIpc) is 2.94. The zero-order chi connectivity index (χ0) is 17.8. The zero-order valence-electron chi connectivity index (χ0n) is 14.8. The summed E-state index contributed by atoms with van der Waals surface area (Å²) in [7, 11) is 0. The van der Waals surface area contributed by atoms with Gasteiger partial charge in [-0.25, -0.2) is 0 Å². The second-order valence-electron chi connectivity index (χ2n) is 6.10. The number of rotatable bonds is 4. The fraction of sp³-hybridized carbons (Fsp3) is 0.182. The summed E-state index contributed by atoms with van der Waals surface area (Å²) in [5.74, 6) is 0. The van der Waals surface area contributed by atoms with Crippen LogP contribution in [0.25, 0.3) is 5.69 Å². The van der Waals surface area contributed by atoms with Crippen LogP contribution in [0, 0.1) is 25.2 Å².